The van der Waals surface area contributed by atoms with E-state index < -0.39 is 17.8 Å². The molecule has 0 aromatic heterocycles. The Labute approximate surface area is 146 Å². The number of hydrogen-bond donors (Lipinski definition) is 2. The maximum absolute atomic E-state index is 12.7. The lowest BCUT2D eigenvalue weighted by Crippen LogP contribution is -2.37. The normalized spacial score (nSPS) is 20.6. The van der Waals surface area contributed by atoms with Crippen LogP contribution in [0.25, 0.3) is 0 Å². The number of para-hydroxylation sites is 1. The molecule has 1 amide bonds. The van der Waals surface area contributed by atoms with Crippen molar-refractivity contribution in [1.82, 2.24) is 0 Å². The van der Waals surface area contributed by atoms with Gasteiger partial charge in [0.1, 0.15) is 0 Å². The zero-order chi connectivity index (χ0) is 18.4. The van der Waals surface area contributed by atoms with Crippen LogP contribution in [0, 0.1) is 11.8 Å². The van der Waals surface area contributed by atoms with Gasteiger partial charge < -0.3 is 15.2 Å². The number of nitrogens with one attached hydrogen (secondary N) is 1. The largest absolute Gasteiger partial charge is 0.478 e. The first-order valence-electron chi connectivity index (χ1n) is 8.42. The Morgan fingerprint density at radius 3 is 2.48 bits per heavy atom. The molecule has 3 atom stereocenters. The van der Waals surface area contributed by atoms with Crippen LogP contribution in [0.15, 0.2) is 36.4 Å². The van der Waals surface area contributed by atoms with Crippen LogP contribution in [0.4, 0.5) is 5.69 Å². The van der Waals surface area contributed by atoms with Gasteiger partial charge in [0.2, 0.25) is 5.91 Å². The summed E-state index contributed by atoms with van der Waals surface area (Å²) >= 11 is 0. The van der Waals surface area contributed by atoms with E-state index in [0.29, 0.717) is 19.3 Å². The number of ether oxygens (including phenoxy) is 1. The number of carbonyl (C=O) groups excluding carboxylic acids is 2. The van der Waals surface area contributed by atoms with E-state index in [4.69, 9.17) is 4.74 Å². The third-order valence-corrected chi connectivity index (χ3v) is 4.38. The van der Waals surface area contributed by atoms with Crippen LogP contribution in [0.5, 0.6) is 0 Å². The van der Waals surface area contributed by atoms with Gasteiger partial charge in [-0.25, -0.2) is 4.79 Å². The summed E-state index contributed by atoms with van der Waals surface area (Å²) in [7, 11) is 0. The van der Waals surface area contributed by atoms with E-state index in [2.05, 4.69) is 5.32 Å². The lowest BCUT2D eigenvalue weighted by molar-refractivity contribution is -0.157. The molecule has 1 aliphatic rings. The molecule has 2 N–H and O–H groups in total. The van der Waals surface area contributed by atoms with Crippen LogP contribution in [-0.4, -0.2) is 29.1 Å². The third-order valence-electron chi connectivity index (χ3n) is 4.38. The fourth-order valence-corrected chi connectivity index (χ4v) is 2.74. The monoisotopic (exact) mass is 345 g/mol. The second kappa shape index (κ2) is 8.46. The van der Waals surface area contributed by atoms with Crippen LogP contribution in [0.2, 0.25) is 0 Å². The highest BCUT2D eigenvalue weighted by Crippen LogP contribution is 2.29. The minimum Gasteiger partial charge on any atom is -0.478 e. The highest BCUT2D eigenvalue weighted by molar-refractivity contribution is 6.02. The van der Waals surface area contributed by atoms with Crippen molar-refractivity contribution < 1.29 is 24.2 Å². The fraction of sp³-hybridized carbons (Fsp3) is 0.421. The van der Waals surface area contributed by atoms with Crippen molar-refractivity contribution in [3.8, 4) is 0 Å². The fourth-order valence-electron chi connectivity index (χ4n) is 2.74. The molecule has 25 heavy (non-hydrogen) atoms. The summed E-state index contributed by atoms with van der Waals surface area (Å²) < 4.78 is 5.38. The Bertz CT molecular complexity index is 682. The first-order chi connectivity index (χ1) is 11.9. The standard InChI is InChI=1S/C19H23NO5/c1-3-12(2)25-19(24)14-9-5-4-8-13(14)17(21)20-16-11-7-6-10-15(16)18(22)23/h4-7,10-14H,3,8-9H2,1-2H3,(H,20,21)(H,22,23)/t12-,13+,14-/m0/s1. The molecule has 0 spiro atoms. The van der Waals surface area contributed by atoms with Crippen LogP contribution in [-0.2, 0) is 14.3 Å². The molecule has 1 aromatic carbocycles. The van der Waals surface area contributed by atoms with Crippen molar-refractivity contribution in [2.75, 3.05) is 5.32 Å². The van der Waals surface area contributed by atoms with Crippen molar-refractivity contribution >= 4 is 23.5 Å². The van der Waals surface area contributed by atoms with Crippen LogP contribution in [0.1, 0.15) is 43.5 Å². The third kappa shape index (κ3) is 4.68. The van der Waals surface area contributed by atoms with E-state index in [1.807, 2.05) is 26.0 Å². The molecule has 0 radical (unpaired) electrons. The molecular weight excluding hydrogens is 322 g/mol. The SMILES string of the molecule is CC[C@H](C)OC(=O)[C@H]1CC=CC[C@H]1C(=O)Nc1ccccc1C(=O)O. The molecule has 0 saturated heterocycles. The molecular formula is C19H23NO5. The van der Waals surface area contributed by atoms with Crippen LogP contribution in [0.3, 0.4) is 0 Å². The molecule has 6 heteroatoms. The highest BCUT2D eigenvalue weighted by atomic mass is 16.5. The van der Waals surface area contributed by atoms with Gasteiger partial charge >= 0.3 is 11.9 Å². The van der Waals surface area contributed by atoms with Gasteiger partial charge in [0, 0.05) is 0 Å². The van der Waals surface area contributed by atoms with Crippen LogP contribution >= 0.6 is 0 Å². The van der Waals surface area contributed by atoms with Crippen molar-refractivity contribution in [2.24, 2.45) is 11.8 Å². The quantitative estimate of drug-likeness (QED) is 0.610. The molecule has 2 rings (SSSR count). The molecule has 0 saturated carbocycles. The summed E-state index contributed by atoms with van der Waals surface area (Å²) in [6.45, 7) is 3.74. The topological polar surface area (TPSA) is 92.7 Å². The van der Waals surface area contributed by atoms with Gasteiger partial charge in [-0.15, -0.1) is 0 Å². The zero-order valence-corrected chi connectivity index (χ0v) is 14.4. The van der Waals surface area contributed by atoms with E-state index in [1.165, 1.54) is 12.1 Å². The Kier molecular flexibility index (Phi) is 6.33. The summed E-state index contributed by atoms with van der Waals surface area (Å²) in [5.74, 6) is -3.01. The summed E-state index contributed by atoms with van der Waals surface area (Å²) in [6, 6.07) is 6.20. The van der Waals surface area contributed by atoms with Gasteiger partial charge in [0.15, 0.2) is 0 Å². The molecule has 134 valence electrons. The van der Waals surface area contributed by atoms with Gasteiger partial charge in [-0.1, -0.05) is 31.2 Å². The minimum atomic E-state index is -1.12. The molecule has 0 heterocycles. The molecule has 0 aliphatic heterocycles. The van der Waals surface area contributed by atoms with E-state index in [1.54, 1.807) is 12.1 Å². The highest BCUT2D eigenvalue weighted by Gasteiger charge is 2.36. The summed E-state index contributed by atoms with van der Waals surface area (Å²) in [5.41, 5.74) is 0.240. The first kappa shape index (κ1) is 18.7. The number of hydrogen-bond acceptors (Lipinski definition) is 4. The maximum Gasteiger partial charge on any atom is 0.337 e. The number of rotatable bonds is 6. The average Bonchev–Trinajstić information content (AvgIpc) is 2.61. The van der Waals surface area contributed by atoms with Crippen LogP contribution < -0.4 is 5.32 Å². The number of carboxylic acid groups (broad SMARTS) is 1. The number of benzene rings is 1. The lowest BCUT2D eigenvalue weighted by atomic mass is 9.82. The van der Waals surface area contributed by atoms with Crippen molar-refractivity contribution in [1.29, 1.82) is 0 Å². The Morgan fingerprint density at radius 1 is 1.20 bits per heavy atom. The Hall–Kier alpha value is -2.63. The number of allylic oxidation sites excluding steroid dienone is 2. The maximum atomic E-state index is 12.7. The Morgan fingerprint density at radius 2 is 1.84 bits per heavy atom. The predicted octanol–water partition coefficient (Wildman–Crippen LogP) is 3.25. The van der Waals surface area contributed by atoms with E-state index in [9.17, 15) is 19.5 Å². The van der Waals surface area contributed by atoms with E-state index >= 15 is 0 Å². The average molecular weight is 345 g/mol. The molecule has 0 bridgehead atoms. The predicted molar refractivity (Wildman–Crippen MR) is 93.2 cm³/mol. The van der Waals surface area contributed by atoms with Gasteiger partial charge in [0.25, 0.3) is 0 Å². The minimum absolute atomic E-state index is 0.0148. The number of aromatic carboxylic acids is 1. The van der Waals surface area contributed by atoms with Crippen molar-refractivity contribution in [2.45, 2.75) is 39.2 Å². The van der Waals surface area contributed by atoms with Crippen molar-refractivity contribution in [3.05, 3.63) is 42.0 Å². The van der Waals surface area contributed by atoms with Gasteiger partial charge in [0.05, 0.1) is 29.2 Å². The number of carboxylic acids is 1. The number of anilines is 1. The van der Waals surface area contributed by atoms with Gasteiger partial charge in [-0.2, -0.15) is 0 Å². The second-order valence-corrected chi connectivity index (χ2v) is 6.15. The summed E-state index contributed by atoms with van der Waals surface area (Å²) in [4.78, 5) is 36.3. The van der Waals surface area contributed by atoms with E-state index in [-0.39, 0.29) is 29.2 Å². The smallest absolute Gasteiger partial charge is 0.337 e. The molecule has 0 unspecified atom stereocenters. The number of amides is 1. The molecule has 0 fully saturated rings. The summed E-state index contributed by atoms with van der Waals surface area (Å²) in [5, 5.41) is 11.9. The molecule has 1 aliphatic carbocycles. The summed E-state index contributed by atoms with van der Waals surface area (Å²) in [6.07, 6.45) is 5.10. The van der Waals surface area contributed by atoms with Gasteiger partial charge in [-0.3, -0.25) is 9.59 Å². The van der Waals surface area contributed by atoms with E-state index in [0.717, 1.165) is 0 Å². The number of carbonyl (C=O) groups is 3. The lowest BCUT2D eigenvalue weighted by Gasteiger charge is -2.27. The van der Waals surface area contributed by atoms with Gasteiger partial charge in [-0.05, 0) is 38.3 Å². The Balaban J connectivity index is 2.15. The molecule has 1 aromatic rings. The van der Waals surface area contributed by atoms with Crippen molar-refractivity contribution in [3.63, 3.8) is 0 Å². The zero-order valence-electron chi connectivity index (χ0n) is 14.4. The number of esters is 1. The second-order valence-electron chi connectivity index (χ2n) is 6.15. The molecule has 6 nitrogen and oxygen atoms in total. The first-order valence-corrected chi connectivity index (χ1v) is 8.42.